The highest BCUT2D eigenvalue weighted by atomic mass is 127. The summed E-state index contributed by atoms with van der Waals surface area (Å²) in [4.78, 5) is 0. The fourth-order valence-electron chi connectivity index (χ4n) is 0.646. The highest BCUT2D eigenvalue weighted by Crippen LogP contribution is 2.19. The first kappa shape index (κ1) is 8.81. The van der Waals surface area contributed by atoms with Crippen molar-refractivity contribution in [2.24, 2.45) is 0 Å². The molecule has 0 atom stereocenters. The lowest BCUT2D eigenvalue weighted by molar-refractivity contribution is 1.40. The van der Waals surface area contributed by atoms with Gasteiger partial charge in [0.05, 0.1) is 0 Å². The maximum absolute atomic E-state index is 5.77. The van der Waals surface area contributed by atoms with E-state index in [1.165, 1.54) is 9.13 Å². The second-order valence-electron chi connectivity index (χ2n) is 1.87. The number of rotatable bonds is 1. The molecule has 0 aliphatic rings. The van der Waals surface area contributed by atoms with Crippen molar-refractivity contribution < 1.29 is 0 Å². The maximum atomic E-state index is 5.77. The molecule has 0 nitrogen and oxygen atoms in total. The zero-order valence-electron chi connectivity index (χ0n) is 5.07. The third-order valence-corrected chi connectivity index (χ3v) is 3.04. The van der Waals surface area contributed by atoms with E-state index in [0.717, 1.165) is 10.4 Å². The van der Waals surface area contributed by atoms with Gasteiger partial charge in [0.1, 0.15) is 0 Å². The molecule has 0 amide bonds. The highest BCUT2D eigenvalue weighted by Gasteiger charge is 1.97. The fourth-order valence-corrected chi connectivity index (χ4v) is 2.35. The van der Waals surface area contributed by atoms with Crippen LogP contribution in [-0.2, 0) is 5.33 Å². The van der Waals surface area contributed by atoms with Gasteiger partial charge in [0.15, 0.2) is 0 Å². The van der Waals surface area contributed by atoms with E-state index in [4.69, 9.17) is 11.6 Å². The Hall–Kier alpha value is 0.720. The summed E-state index contributed by atoms with van der Waals surface area (Å²) in [6.45, 7) is 0. The first-order valence-electron chi connectivity index (χ1n) is 2.74. The molecule has 0 aromatic heterocycles. The van der Waals surface area contributed by atoms with Crippen LogP contribution in [-0.4, -0.2) is 0 Å². The molecule has 0 fully saturated rings. The lowest BCUT2D eigenvalue weighted by Gasteiger charge is -1.98. The summed E-state index contributed by atoms with van der Waals surface area (Å²) in [6.07, 6.45) is 0. The van der Waals surface area contributed by atoms with Gasteiger partial charge in [-0.1, -0.05) is 27.5 Å². The first-order chi connectivity index (χ1) is 4.74. The molecule has 1 rings (SSSR count). The average Bonchev–Trinajstić information content (AvgIpc) is 1.94. The van der Waals surface area contributed by atoms with E-state index in [2.05, 4.69) is 38.5 Å². The van der Waals surface area contributed by atoms with Crippen molar-refractivity contribution in [1.82, 2.24) is 0 Å². The third kappa shape index (κ3) is 2.10. The number of hydrogen-bond donors (Lipinski definition) is 0. The minimum absolute atomic E-state index is 0.801. The molecule has 0 heterocycles. The van der Waals surface area contributed by atoms with Crippen LogP contribution in [0.1, 0.15) is 5.56 Å². The molecule has 54 valence electrons. The van der Waals surface area contributed by atoms with Crippen molar-refractivity contribution in [2.75, 3.05) is 0 Å². The van der Waals surface area contributed by atoms with Gasteiger partial charge in [0.2, 0.25) is 0 Å². The topological polar surface area (TPSA) is 0 Å². The Balaban J connectivity index is 3.09. The van der Waals surface area contributed by atoms with Gasteiger partial charge in [0.25, 0.3) is 0 Å². The first-order valence-corrected chi connectivity index (χ1v) is 5.31. The van der Waals surface area contributed by atoms with E-state index in [9.17, 15) is 0 Å². The molecule has 0 radical (unpaired) electrons. The second-order valence-corrected chi connectivity index (χ2v) is 4.03. The summed E-state index contributed by atoms with van der Waals surface area (Å²) in [5.74, 6) is 0. The summed E-state index contributed by atoms with van der Waals surface area (Å²) in [5.41, 5.74) is 1.24. The van der Waals surface area contributed by atoms with Gasteiger partial charge in [-0.05, 0) is 46.4 Å². The Labute approximate surface area is 87.2 Å². The van der Waals surface area contributed by atoms with Crippen molar-refractivity contribution in [3.05, 3.63) is 32.4 Å². The van der Waals surface area contributed by atoms with E-state index in [1.54, 1.807) is 0 Å². The Morgan fingerprint density at radius 2 is 2.20 bits per heavy atom. The van der Waals surface area contributed by atoms with Gasteiger partial charge < -0.3 is 0 Å². The summed E-state index contributed by atoms with van der Waals surface area (Å²) < 4.78 is 1.25. The van der Waals surface area contributed by atoms with Crippen LogP contribution in [0.15, 0.2) is 18.2 Å². The van der Waals surface area contributed by atoms with Crippen LogP contribution in [0.2, 0.25) is 5.02 Å². The highest BCUT2D eigenvalue weighted by molar-refractivity contribution is 14.1. The number of alkyl halides is 1. The van der Waals surface area contributed by atoms with Crippen molar-refractivity contribution in [2.45, 2.75) is 5.33 Å². The van der Waals surface area contributed by atoms with Crippen molar-refractivity contribution in [3.8, 4) is 0 Å². The lowest BCUT2D eigenvalue weighted by atomic mass is 10.2. The van der Waals surface area contributed by atoms with Gasteiger partial charge in [-0.3, -0.25) is 0 Å². The minimum Gasteiger partial charge on any atom is -0.0876 e. The van der Waals surface area contributed by atoms with Crippen LogP contribution in [0.25, 0.3) is 0 Å². The maximum Gasteiger partial charge on any atom is 0.0409 e. The molecule has 1 aromatic carbocycles. The van der Waals surface area contributed by atoms with Crippen molar-refractivity contribution in [1.29, 1.82) is 0 Å². The van der Waals surface area contributed by atoms with Crippen LogP contribution >= 0.6 is 50.1 Å². The molecular formula is C7H5BrClI. The average molecular weight is 331 g/mol. The number of halogens is 3. The lowest BCUT2D eigenvalue weighted by Crippen LogP contribution is -1.81. The Morgan fingerprint density at radius 1 is 1.50 bits per heavy atom. The minimum atomic E-state index is 0.801. The smallest absolute Gasteiger partial charge is 0.0409 e. The molecule has 1 aromatic rings. The van der Waals surface area contributed by atoms with Crippen LogP contribution in [0.5, 0.6) is 0 Å². The molecule has 0 spiro atoms. The van der Waals surface area contributed by atoms with E-state index >= 15 is 0 Å². The van der Waals surface area contributed by atoms with E-state index in [-0.39, 0.29) is 0 Å². The van der Waals surface area contributed by atoms with Crippen LogP contribution < -0.4 is 0 Å². The number of hydrogen-bond acceptors (Lipinski definition) is 0. The predicted molar refractivity (Wildman–Crippen MR) is 56.8 cm³/mol. The molecule has 10 heavy (non-hydrogen) atoms. The Morgan fingerprint density at radius 3 is 2.70 bits per heavy atom. The summed E-state index contributed by atoms with van der Waals surface area (Å²) in [5, 5.41) is 1.67. The molecule has 0 N–H and O–H groups in total. The Kier molecular flexibility index (Phi) is 3.46. The van der Waals surface area contributed by atoms with Crippen LogP contribution in [0.3, 0.4) is 0 Å². The molecule has 0 aliphatic carbocycles. The quantitative estimate of drug-likeness (QED) is 0.542. The summed E-state index contributed by atoms with van der Waals surface area (Å²) in [7, 11) is 0. The largest absolute Gasteiger partial charge is 0.0876 e. The molecule has 0 aliphatic heterocycles. The van der Waals surface area contributed by atoms with Crippen molar-refractivity contribution >= 4 is 50.1 Å². The molecule has 3 heteroatoms. The predicted octanol–water partition coefficient (Wildman–Crippen LogP) is 3.84. The monoisotopic (exact) mass is 330 g/mol. The van der Waals surface area contributed by atoms with Crippen LogP contribution in [0.4, 0.5) is 0 Å². The van der Waals surface area contributed by atoms with E-state index in [1.807, 2.05) is 18.2 Å². The zero-order valence-corrected chi connectivity index (χ0v) is 9.57. The molecular weight excluding hydrogens is 326 g/mol. The van der Waals surface area contributed by atoms with E-state index < -0.39 is 0 Å². The third-order valence-electron chi connectivity index (χ3n) is 1.15. The van der Waals surface area contributed by atoms with Gasteiger partial charge >= 0.3 is 0 Å². The fraction of sp³-hybridized carbons (Fsp3) is 0.143. The van der Waals surface area contributed by atoms with Gasteiger partial charge in [-0.15, -0.1) is 0 Å². The zero-order chi connectivity index (χ0) is 7.56. The summed E-state index contributed by atoms with van der Waals surface area (Å²) in [6, 6.07) is 5.88. The van der Waals surface area contributed by atoms with Gasteiger partial charge in [-0.25, -0.2) is 0 Å². The molecule has 0 saturated heterocycles. The van der Waals surface area contributed by atoms with Crippen molar-refractivity contribution in [3.63, 3.8) is 0 Å². The summed E-state index contributed by atoms with van der Waals surface area (Å²) >= 11 is 11.4. The van der Waals surface area contributed by atoms with E-state index in [0.29, 0.717) is 0 Å². The normalized spacial score (nSPS) is 9.90. The number of benzene rings is 1. The molecule has 0 saturated carbocycles. The van der Waals surface area contributed by atoms with Crippen LogP contribution in [0, 0.1) is 3.57 Å². The molecule has 0 unspecified atom stereocenters. The molecule has 0 bridgehead atoms. The standard InChI is InChI=1S/C7H5BrClI/c8-4-5-3-6(9)1-2-7(5)10/h1-3H,4H2. The van der Waals surface area contributed by atoms with Gasteiger partial charge in [-0.2, -0.15) is 0 Å². The second kappa shape index (κ2) is 3.93. The van der Waals surface area contributed by atoms with Gasteiger partial charge in [0, 0.05) is 13.9 Å². The Bertz CT molecular complexity index is 237. The SMILES string of the molecule is Clc1ccc(I)c(CBr)c1.